The van der Waals surface area contributed by atoms with Crippen LogP contribution in [0.3, 0.4) is 0 Å². The van der Waals surface area contributed by atoms with Gasteiger partial charge in [-0.25, -0.2) is 13.4 Å². The molecule has 1 aliphatic rings. The molecule has 0 N–H and O–H groups in total. The van der Waals surface area contributed by atoms with Crippen molar-refractivity contribution in [1.29, 1.82) is 0 Å². The molecule has 0 spiro atoms. The standard InChI is InChI=1S/C11H16N2O2S2/c1-16-11-6-5-10(9-12-11)17(14,15)13-7-3-2-4-8-13/h5-6,9H,2-4,7-8H2,1H3. The van der Waals surface area contributed by atoms with Crippen molar-refractivity contribution in [1.82, 2.24) is 9.29 Å². The molecule has 1 fully saturated rings. The summed E-state index contributed by atoms with van der Waals surface area (Å²) < 4.78 is 26.1. The molecular formula is C11H16N2O2S2. The topological polar surface area (TPSA) is 50.3 Å². The fraction of sp³-hybridized carbons (Fsp3) is 0.545. The Morgan fingerprint density at radius 2 is 1.94 bits per heavy atom. The maximum atomic E-state index is 12.3. The quantitative estimate of drug-likeness (QED) is 0.790. The molecule has 0 amide bonds. The summed E-state index contributed by atoms with van der Waals surface area (Å²) in [6.07, 6.45) is 6.40. The maximum Gasteiger partial charge on any atom is 0.244 e. The molecule has 4 nitrogen and oxygen atoms in total. The van der Waals surface area contributed by atoms with E-state index in [1.54, 1.807) is 16.4 Å². The summed E-state index contributed by atoms with van der Waals surface area (Å²) >= 11 is 1.50. The Hall–Kier alpha value is -0.590. The number of hydrogen-bond acceptors (Lipinski definition) is 4. The largest absolute Gasteiger partial charge is 0.249 e. The molecule has 0 aromatic carbocycles. The smallest absolute Gasteiger partial charge is 0.244 e. The van der Waals surface area contributed by atoms with Crippen molar-refractivity contribution in [2.45, 2.75) is 29.2 Å². The Morgan fingerprint density at radius 3 is 2.47 bits per heavy atom. The van der Waals surface area contributed by atoms with Gasteiger partial charge in [0.05, 0.1) is 5.03 Å². The van der Waals surface area contributed by atoms with Gasteiger partial charge in [-0.2, -0.15) is 4.31 Å². The van der Waals surface area contributed by atoms with Crippen LogP contribution >= 0.6 is 11.8 Å². The Kier molecular flexibility index (Phi) is 4.06. The summed E-state index contributed by atoms with van der Waals surface area (Å²) in [5.74, 6) is 0. The second-order valence-corrected chi connectivity index (χ2v) is 6.77. The second kappa shape index (κ2) is 5.37. The van der Waals surface area contributed by atoms with E-state index in [0.717, 1.165) is 24.3 Å². The van der Waals surface area contributed by atoms with Crippen molar-refractivity contribution in [2.24, 2.45) is 0 Å². The lowest BCUT2D eigenvalue weighted by Crippen LogP contribution is -2.35. The van der Waals surface area contributed by atoms with E-state index in [2.05, 4.69) is 4.98 Å². The maximum absolute atomic E-state index is 12.3. The van der Waals surface area contributed by atoms with E-state index < -0.39 is 10.0 Å². The first-order valence-electron chi connectivity index (χ1n) is 5.65. The monoisotopic (exact) mass is 272 g/mol. The van der Waals surface area contributed by atoms with E-state index in [-0.39, 0.29) is 0 Å². The molecule has 1 aromatic heterocycles. The van der Waals surface area contributed by atoms with E-state index in [1.165, 1.54) is 18.0 Å². The lowest BCUT2D eigenvalue weighted by Gasteiger charge is -2.25. The van der Waals surface area contributed by atoms with Gasteiger partial charge < -0.3 is 0 Å². The number of rotatable bonds is 3. The van der Waals surface area contributed by atoms with Gasteiger partial charge in [-0.05, 0) is 31.2 Å². The van der Waals surface area contributed by atoms with E-state index in [4.69, 9.17) is 0 Å². The van der Waals surface area contributed by atoms with Crippen LogP contribution in [0.2, 0.25) is 0 Å². The molecule has 0 aliphatic carbocycles. The molecule has 1 aromatic rings. The fourth-order valence-electron chi connectivity index (χ4n) is 1.89. The molecule has 0 radical (unpaired) electrons. The van der Waals surface area contributed by atoms with Crippen LogP contribution in [0.15, 0.2) is 28.3 Å². The normalized spacial score (nSPS) is 18.2. The molecule has 0 atom stereocenters. The number of hydrogen-bond donors (Lipinski definition) is 0. The fourth-order valence-corrected chi connectivity index (χ4v) is 3.72. The molecule has 1 aliphatic heterocycles. The van der Waals surface area contributed by atoms with E-state index >= 15 is 0 Å². The van der Waals surface area contributed by atoms with Crippen LogP contribution in [0.25, 0.3) is 0 Å². The van der Waals surface area contributed by atoms with Crippen LogP contribution in [0, 0.1) is 0 Å². The predicted octanol–water partition coefficient (Wildman–Crippen LogP) is 1.98. The predicted molar refractivity (Wildman–Crippen MR) is 68.6 cm³/mol. The van der Waals surface area contributed by atoms with Crippen LogP contribution in [-0.4, -0.2) is 37.1 Å². The number of thioether (sulfide) groups is 1. The highest BCUT2D eigenvalue weighted by molar-refractivity contribution is 7.98. The molecule has 0 saturated carbocycles. The average molecular weight is 272 g/mol. The molecule has 0 bridgehead atoms. The van der Waals surface area contributed by atoms with Gasteiger partial charge in [0.15, 0.2) is 0 Å². The Morgan fingerprint density at radius 1 is 1.24 bits per heavy atom. The van der Waals surface area contributed by atoms with Gasteiger partial charge in [0, 0.05) is 19.3 Å². The van der Waals surface area contributed by atoms with Crippen molar-refractivity contribution in [2.75, 3.05) is 19.3 Å². The summed E-state index contributed by atoms with van der Waals surface area (Å²) in [5.41, 5.74) is 0. The van der Waals surface area contributed by atoms with Crippen molar-refractivity contribution in [3.63, 3.8) is 0 Å². The first kappa shape index (κ1) is 12.9. The van der Waals surface area contributed by atoms with Gasteiger partial charge in [-0.15, -0.1) is 11.8 Å². The first-order chi connectivity index (χ1) is 8.14. The molecule has 0 unspecified atom stereocenters. The third kappa shape index (κ3) is 2.81. The molecule has 2 rings (SSSR count). The molecule has 6 heteroatoms. The molecule has 94 valence electrons. The summed E-state index contributed by atoms with van der Waals surface area (Å²) in [6.45, 7) is 1.26. The zero-order chi connectivity index (χ0) is 12.3. The number of pyridine rings is 1. The summed E-state index contributed by atoms with van der Waals surface area (Å²) in [5, 5.41) is 0.836. The minimum atomic E-state index is -3.33. The van der Waals surface area contributed by atoms with Gasteiger partial charge in [-0.1, -0.05) is 6.42 Å². The van der Waals surface area contributed by atoms with Gasteiger partial charge >= 0.3 is 0 Å². The Bertz CT molecular complexity index is 465. The third-order valence-electron chi connectivity index (χ3n) is 2.87. The van der Waals surface area contributed by atoms with Crippen LogP contribution in [-0.2, 0) is 10.0 Å². The molecule has 1 saturated heterocycles. The van der Waals surface area contributed by atoms with Crippen molar-refractivity contribution in [3.8, 4) is 0 Å². The zero-order valence-corrected chi connectivity index (χ0v) is 11.4. The minimum absolute atomic E-state index is 0.303. The van der Waals surface area contributed by atoms with E-state index in [0.29, 0.717) is 18.0 Å². The Labute approximate surface area is 106 Å². The molecule has 17 heavy (non-hydrogen) atoms. The van der Waals surface area contributed by atoms with Gasteiger partial charge in [0.2, 0.25) is 10.0 Å². The van der Waals surface area contributed by atoms with Gasteiger partial charge in [-0.3, -0.25) is 0 Å². The van der Waals surface area contributed by atoms with Crippen molar-refractivity contribution >= 4 is 21.8 Å². The van der Waals surface area contributed by atoms with Crippen molar-refractivity contribution in [3.05, 3.63) is 18.3 Å². The highest BCUT2D eigenvalue weighted by atomic mass is 32.2. The SMILES string of the molecule is CSc1ccc(S(=O)(=O)N2CCCCC2)cn1. The number of piperidine rings is 1. The Balaban J connectivity index is 2.23. The molecule has 2 heterocycles. The highest BCUT2D eigenvalue weighted by Crippen LogP contribution is 2.21. The summed E-state index contributed by atoms with van der Waals surface area (Å²) in [6, 6.07) is 3.39. The van der Waals surface area contributed by atoms with Crippen LogP contribution in [0.5, 0.6) is 0 Å². The molecular weight excluding hydrogens is 256 g/mol. The van der Waals surface area contributed by atoms with Crippen LogP contribution < -0.4 is 0 Å². The van der Waals surface area contributed by atoms with E-state index in [9.17, 15) is 8.42 Å². The number of nitrogens with zero attached hydrogens (tertiary/aromatic N) is 2. The van der Waals surface area contributed by atoms with Gasteiger partial charge in [0.25, 0.3) is 0 Å². The summed E-state index contributed by atoms with van der Waals surface area (Å²) in [7, 11) is -3.33. The average Bonchev–Trinajstić information content (AvgIpc) is 2.40. The van der Waals surface area contributed by atoms with E-state index in [1.807, 2.05) is 6.26 Å². The highest BCUT2D eigenvalue weighted by Gasteiger charge is 2.25. The lowest BCUT2D eigenvalue weighted by atomic mass is 10.2. The second-order valence-electron chi connectivity index (χ2n) is 4.00. The zero-order valence-electron chi connectivity index (χ0n) is 9.80. The lowest BCUT2D eigenvalue weighted by molar-refractivity contribution is 0.346. The number of aromatic nitrogens is 1. The minimum Gasteiger partial charge on any atom is -0.249 e. The van der Waals surface area contributed by atoms with Crippen LogP contribution in [0.4, 0.5) is 0 Å². The summed E-state index contributed by atoms with van der Waals surface area (Å²) in [4.78, 5) is 4.42. The third-order valence-corrected chi connectivity index (χ3v) is 5.41. The van der Waals surface area contributed by atoms with Crippen molar-refractivity contribution < 1.29 is 8.42 Å². The van der Waals surface area contributed by atoms with Crippen LogP contribution in [0.1, 0.15) is 19.3 Å². The number of sulfonamides is 1. The van der Waals surface area contributed by atoms with Gasteiger partial charge in [0.1, 0.15) is 4.90 Å². The first-order valence-corrected chi connectivity index (χ1v) is 8.31.